The summed E-state index contributed by atoms with van der Waals surface area (Å²) in [6.07, 6.45) is 0. The van der Waals surface area contributed by atoms with Crippen LogP contribution in [-0.4, -0.2) is 80.5 Å². The average Bonchev–Trinajstić information content (AvgIpc) is 3.19. The largest absolute Gasteiger partial charge is 0.468 e. The van der Waals surface area contributed by atoms with Gasteiger partial charge in [-0.1, -0.05) is 45.5 Å². The molecule has 10 nitrogen and oxygen atoms in total. The first-order chi connectivity index (χ1) is 17.6. The number of halogens is 1. The summed E-state index contributed by atoms with van der Waals surface area (Å²) in [5, 5.41) is 0. The Morgan fingerprint density at radius 2 is 1.73 bits per heavy atom. The molecule has 196 valence electrons. The van der Waals surface area contributed by atoms with Crippen LogP contribution in [0.5, 0.6) is 0 Å². The Kier molecular flexibility index (Phi) is 8.45. The van der Waals surface area contributed by atoms with Crippen LogP contribution < -0.4 is 9.70 Å². The molecule has 3 aromatic rings. The second-order valence-corrected chi connectivity index (χ2v) is 12.4. The van der Waals surface area contributed by atoms with Crippen LogP contribution >= 0.6 is 27.3 Å². The predicted molar refractivity (Wildman–Crippen MR) is 144 cm³/mol. The summed E-state index contributed by atoms with van der Waals surface area (Å²) >= 11 is 4.53. The third kappa shape index (κ3) is 6.84. The number of fused-ring (bicyclic) bond motifs is 1. The molecule has 2 aromatic carbocycles. The highest BCUT2D eigenvalue weighted by molar-refractivity contribution is 9.10. The van der Waals surface area contributed by atoms with Crippen LogP contribution in [0.2, 0.25) is 0 Å². The molecule has 4 rings (SSSR count). The number of nitrogens with zero attached hydrogens (tertiary/aromatic N) is 4. The van der Waals surface area contributed by atoms with Gasteiger partial charge in [-0.15, -0.1) is 0 Å². The smallest absolute Gasteiger partial charge is 0.325 e. The van der Waals surface area contributed by atoms with Gasteiger partial charge in [-0.3, -0.25) is 14.4 Å². The van der Waals surface area contributed by atoms with Gasteiger partial charge < -0.3 is 19.1 Å². The normalized spacial score (nSPS) is 14.7. The number of carbonyl (C=O) groups is 3. The van der Waals surface area contributed by atoms with Gasteiger partial charge in [0.2, 0.25) is 5.91 Å². The molecule has 2 heterocycles. The maximum Gasteiger partial charge on any atom is 0.325 e. The number of sulfone groups is 1. The Hall–Kier alpha value is -3.03. The first-order valence-electron chi connectivity index (χ1n) is 11.4. The second kappa shape index (κ2) is 11.6. The van der Waals surface area contributed by atoms with Crippen molar-refractivity contribution in [1.29, 1.82) is 0 Å². The third-order valence-corrected chi connectivity index (χ3v) is 8.73. The summed E-state index contributed by atoms with van der Waals surface area (Å²) in [5.74, 6) is -3.65. The highest BCUT2D eigenvalue weighted by atomic mass is 79.9. The number of hydrogen-bond donors (Lipinski definition) is 0. The maximum absolute atomic E-state index is 12.7. The van der Waals surface area contributed by atoms with E-state index in [0.717, 1.165) is 26.2 Å². The van der Waals surface area contributed by atoms with Gasteiger partial charge >= 0.3 is 5.97 Å². The van der Waals surface area contributed by atoms with Crippen LogP contribution in [0.15, 0.2) is 58.0 Å². The predicted octanol–water partition coefficient (Wildman–Crippen LogP) is 1.83. The summed E-state index contributed by atoms with van der Waals surface area (Å²) < 4.78 is 33.1. The number of rotatable bonds is 7. The first kappa shape index (κ1) is 27.0. The molecule has 0 aliphatic carbocycles. The van der Waals surface area contributed by atoms with E-state index in [2.05, 4.69) is 25.8 Å². The van der Waals surface area contributed by atoms with Crippen LogP contribution in [0.25, 0.3) is 10.2 Å². The maximum atomic E-state index is 12.7. The molecule has 0 atom stereocenters. The van der Waals surface area contributed by atoms with E-state index < -0.39 is 39.1 Å². The molecule has 0 bridgehead atoms. The van der Waals surface area contributed by atoms with Gasteiger partial charge in [-0.25, -0.2) is 8.42 Å². The van der Waals surface area contributed by atoms with Crippen molar-refractivity contribution in [1.82, 2.24) is 9.47 Å². The Morgan fingerprint density at radius 1 is 1.03 bits per heavy atom. The summed E-state index contributed by atoms with van der Waals surface area (Å²) in [6.45, 7) is 1.78. The number of benzene rings is 2. The van der Waals surface area contributed by atoms with Crippen molar-refractivity contribution in [2.75, 3.05) is 49.7 Å². The van der Waals surface area contributed by atoms with Gasteiger partial charge in [-0.05, 0) is 30.3 Å². The topological polar surface area (TPSA) is 118 Å². The van der Waals surface area contributed by atoms with Crippen molar-refractivity contribution in [2.24, 2.45) is 4.99 Å². The third-order valence-electron chi connectivity index (χ3n) is 5.82. The highest BCUT2D eigenvalue weighted by Gasteiger charge is 2.27. The van der Waals surface area contributed by atoms with Crippen LogP contribution in [0.3, 0.4) is 0 Å². The molecule has 1 aromatic heterocycles. The molecule has 13 heteroatoms. The van der Waals surface area contributed by atoms with Crippen molar-refractivity contribution in [3.8, 4) is 0 Å². The first-order valence-corrected chi connectivity index (χ1v) is 14.8. The molecule has 37 heavy (non-hydrogen) atoms. The number of hydrogen-bond acceptors (Lipinski definition) is 8. The standard InChI is InChI=1S/C24H25BrN4O6S2/c1-35-23(32)14-29-19-8-7-17(25)13-20(19)36-24(29)26-21(30)15-37(33,34)16-22(31)28-11-9-27(10-12-28)18-5-3-2-4-6-18/h2-8,13H,9-12,14-16H2,1H3. The van der Waals surface area contributed by atoms with E-state index in [1.165, 1.54) is 16.6 Å². The zero-order valence-electron chi connectivity index (χ0n) is 20.0. The molecular weight excluding hydrogens is 584 g/mol. The molecule has 0 N–H and O–H groups in total. The van der Waals surface area contributed by atoms with Crippen LogP contribution in [0.4, 0.5) is 5.69 Å². The summed E-state index contributed by atoms with van der Waals surface area (Å²) in [6, 6.07) is 15.1. The lowest BCUT2D eigenvalue weighted by atomic mass is 10.2. The quantitative estimate of drug-likeness (QED) is 0.375. The number of amides is 2. The van der Waals surface area contributed by atoms with Gasteiger partial charge in [0.25, 0.3) is 5.91 Å². The second-order valence-electron chi connectivity index (χ2n) is 8.40. The monoisotopic (exact) mass is 608 g/mol. The lowest BCUT2D eigenvalue weighted by Gasteiger charge is -2.36. The molecule has 1 aliphatic rings. The van der Waals surface area contributed by atoms with Crippen LogP contribution in [0.1, 0.15) is 0 Å². The van der Waals surface area contributed by atoms with Gasteiger partial charge in [0, 0.05) is 36.3 Å². The van der Waals surface area contributed by atoms with E-state index >= 15 is 0 Å². The summed E-state index contributed by atoms with van der Waals surface area (Å²) in [5.41, 5.74) is 1.70. The molecular formula is C24H25BrN4O6S2. The Labute approximate surface area is 226 Å². The van der Waals surface area contributed by atoms with Gasteiger partial charge in [-0.2, -0.15) is 4.99 Å². The highest BCUT2D eigenvalue weighted by Crippen LogP contribution is 2.22. The lowest BCUT2D eigenvalue weighted by Crippen LogP contribution is -2.50. The van der Waals surface area contributed by atoms with Crippen molar-refractivity contribution in [3.63, 3.8) is 0 Å². The van der Waals surface area contributed by atoms with E-state index in [1.807, 2.05) is 36.4 Å². The molecule has 0 radical (unpaired) electrons. The minimum Gasteiger partial charge on any atom is -0.468 e. The van der Waals surface area contributed by atoms with E-state index in [1.54, 1.807) is 12.1 Å². The Balaban J connectivity index is 1.43. The van der Waals surface area contributed by atoms with Crippen molar-refractivity contribution < 1.29 is 27.5 Å². The summed E-state index contributed by atoms with van der Waals surface area (Å²) in [7, 11) is -2.79. The minimum absolute atomic E-state index is 0.169. The van der Waals surface area contributed by atoms with Crippen molar-refractivity contribution in [2.45, 2.75) is 6.54 Å². The average molecular weight is 610 g/mol. The molecule has 1 fully saturated rings. The molecule has 0 unspecified atom stereocenters. The van der Waals surface area contributed by atoms with Crippen LogP contribution in [0, 0.1) is 0 Å². The SMILES string of the molecule is COC(=O)Cn1c(=NC(=O)CS(=O)(=O)CC(=O)N2CCN(c3ccccc3)CC2)sc2cc(Br)ccc21. The zero-order valence-corrected chi connectivity index (χ0v) is 23.2. The van der Waals surface area contributed by atoms with Crippen molar-refractivity contribution >= 4 is 70.8 Å². The number of para-hydroxylation sites is 1. The lowest BCUT2D eigenvalue weighted by molar-refractivity contribution is -0.141. The van der Waals surface area contributed by atoms with Gasteiger partial charge in [0.1, 0.15) is 18.1 Å². The van der Waals surface area contributed by atoms with E-state index in [-0.39, 0.29) is 11.3 Å². The fourth-order valence-corrected chi connectivity index (χ4v) is 6.69. The van der Waals surface area contributed by atoms with Gasteiger partial charge in [0.05, 0.1) is 17.3 Å². The fourth-order valence-electron chi connectivity index (χ4n) is 3.99. The molecule has 0 saturated carbocycles. The zero-order chi connectivity index (χ0) is 26.6. The van der Waals surface area contributed by atoms with Gasteiger partial charge in [0.15, 0.2) is 14.6 Å². The number of methoxy groups -OCH3 is 1. The molecule has 1 aliphatic heterocycles. The molecule has 1 saturated heterocycles. The van der Waals surface area contributed by atoms with E-state index in [4.69, 9.17) is 4.74 Å². The Bertz CT molecular complexity index is 1490. The number of anilines is 1. The number of piperazine rings is 1. The molecule has 0 spiro atoms. The fraction of sp³-hybridized carbons (Fsp3) is 0.333. The summed E-state index contributed by atoms with van der Waals surface area (Å²) in [4.78, 5) is 45.0. The van der Waals surface area contributed by atoms with E-state index in [9.17, 15) is 22.8 Å². The number of carbonyl (C=O) groups excluding carboxylic acids is 3. The number of ether oxygens (including phenoxy) is 1. The number of esters is 1. The number of aromatic nitrogens is 1. The Morgan fingerprint density at radius 3 is 2.41 bits per heavy atom. The molecule has 2 amide bonds. The number of thiazole rings is 1. The van der Waals surface area contributed by atoms with Crippen LogP contribution in [-0.2, 0) is 35.5 Å². The van der Waals surface area contributed by atoms with Crippen molar-refractivity contribution in [3.05, 3.63) is 57.8 Å². The minimum atomic E-state index is -4.04. The van der Waals surface area contributed by atoms with E-state index in [0.29, 0.717) is 31.7 Å².